The molecule has 12 nitrogen and oxygen atoms in total. The molecule has 0 bridgehead atoms. The van der Waals surface area contributed by atoms with Gasteiger partial charge in [0.25, 0.3) is 0 Å². The van der Waals surface area contributed by atoms with Gasteiger partial charge in [-0.05, 0) is 172 Å². The van der Waals surface area contributed by atoms with Gasteiger partial charge in [0, 0.05) is 53.7 Å². The fourth-order valence-corrected chi connectivity index (χ4v) is 11.5. The number of fused-ring (bicyclic) bond motifs is 2. The highest BCUT2D eigenvalue weighted by molar-refractivity contribution is 5.82. The summed E-state index contributed by atoms with van der Waals surface area (Å²) in [5, 5.41) is 29.5. The molecule has 2 aliphatic carbocycles. The minimum absolute atomic E-state index is 0.131. The van der Waals surface area contributed by atoms with Crippen molar-refractivity contribution in [2.45, 2.75) is 166 Å². The van der Waals surface area contributed by atoms with Gasteiger partial charge in [-0.1, -0.05) is 67.6 Å². The van der Waals surface area contributed by atoms with Gasteiger partial charge in [0.1, 0.15) is 11.3 Å². The van der Waals surface area contributed by atoms with Crippen LogP contribution < -0.4 is 10.6 Å². The molecule has 6 aromatic rings. The maximum absolute atomic E-state index is 10.1. The summed E-state index contributed by atoms with van der Waals surface area (Å²) >= 11 is 0. The number of hydrogen-bond acceptors (Lipinski definition) is 10. The predicted molar refractivity (Wildman–Crippen MR) is 272 cm³/mol. The molecule has 358 valence electrons. The lowest BCUT2D eigenvalue weighted by Crippen LogP contribution is -2.37. The van der Waals surface area contributed by atoms with Crippen LogP contribution in [0.15, 0.2) is 85.5 Å². The first-order valence-electron chi connectivity index (χ1n) is 25.8. The normalized spacial score (nSPS) is 23.5. The van der Waals surface area contributed by atoms with Gasteiger partial charge >= 0.3 is 0 Å². The monoisotopic (exact) mass is 909 g/mol. The molecule has 0 unspecified atom stereocenters. The highest BCUT2D eigenvalue weighted by Crippen LogP contribution is 2.40. The average molecular weight is 909 g/mol. The van der Waals surface area contributed by atoms with Crippen molar-refractivity contribution in [1.29, 1.82) is 0 Å². The molecule has 4 N–H and O–H groups in total. The molecule has 4 aliphatic rings. The second-order valence-electron chi connectivity index (χ2n) is 20.4. The van der Waals surface area contributed by atoms with Crippen molar-refractivity contribution >= 4 is 34.0 Å². The predicted octanol–water partition coefficient (Wildman–Crippen LogP) is 10.9. The molecule has 2 saturated carbocycles. The summed E-state index contributed by atoms with van der Waals surface area (Å²) in [4.78, 5) is 24.7. The average Bonchev–Trinajstić information content (AvgIpc) is 3.94. The third kappa shape index (κ3) is 11.0. The van der Waals surface area contributed by atoms with Crippen LogP contribution in [0.4, 0.5) is 11.9 Å². The lowest BCUT2D eigenvalue weighted by atomic mass is 9.89. The number of hydrogen-bond donors (Lipinski definition) is 4. The number of likely N-dealkylation sites (tertiary alicyclic amines) is 2. The Labute approximate surface area is 398 Å². The minimum atomic E-state index is -0.156. The van der Waals surface area contributed by atoms with Crippen LogP contribution >= 0.6 is 0 Å². The summed E-state index contributed by atoms with van der Waals surface area (Å²) in [6.45, 7) is 16.9. The Morgan fingerprint density at radius 1 is 0.552 bits per heavy atom. The molecule has 4 fully saturated rings. The minimum Gasteiger partial charge on any atom is -0.393 e. The lowest BCUT2D eigenvalue weighted by molar-refractivity contribution is 0.111. The van der Waals surface area contributed by atoms with E-state index in [2.05, 4.69) is 125 Å². The van der Waals surface area contributed by atoms with Crippen molar-refractivity contribution < 1.29 is 10.2 Å². The van der Waals surface area contributed by atoms with Gasteiger partial charge in [-0.3, -0.25) is 0 Å². The lowest BCUT2D eigenvalue weighted by Gasteiger charge is -2.34. The summed E-state index contributed by atoms with van der Waals surface area (Å²) in [7, 11) is 0. The molecule has 12 heteroatoms. The zero-order chi connectivity index (χ0) is 46.4. The number of nitrogens with zero attached hydrogens (tertiary/aromatic N) is 8. The number of aromatic nitrogens is 6. The highest BCUT2D eigenvalue weighted by atomic mass is 16.3. The molecule has 67 heavy (non-hydrogen) atoms. The van der Waals surface area contributed by atoms with Crippen LogP contribution in [0.25, 0.3) is 22.1 Å². The molecule has 4 aromatic heterocycles. The van der Waals surface area contributed by atoms with Crippen molar-refractivity contribution in [3.8, 4) is 0 Å². The van der Waals surface area contributed by atoms with Crippen LogP contribution in [0.1, 0.15) is 170 Å². The van der Waals surface area contributed by atoms with Crippen LogP contribution in [-0.2, 0) is 0 Å². The van der Waals surface area contributed by atoms with E-state index >= 15 is 0 Å². The van der Waals surface area contributed by atoms with E-state index in [0.717, 1.165) is 82.3 Å². The van der Waals surface area contributed by atoms with E-state index < -0.39 is 0 Å². The van der Waals surface area contributed by atoms with Crippen LogP contribution in [0, 0.1) is 0 Å². The molecule has 10 rings (SSSR count). The van der Waals surface area contributed by atoms with Crippen molar-refractivity contribution in [2.75, 3.05) is 43.4 Å². The summed E-state index contributed by atoms with van der Waals surface area (Å²) in [6, 6.07) is 22.5. The summed E-state index contributed by atoms with van der Waals surface area (Å²) in [5.74, 6) is 2.48. The Morgan fingerprint density at radius 3 is 1.34 bits per heavy atom. The summed E-state index contributed by atoms with van der Waals surface area (Å²) < 4.78 is 4.81. The molecular weight excluding hydrogens is 833 g/mol. The van der Waals surface area contributed by atoms with Crippen LogP contribution in [-0.4, -0.2) is 100 Å². The van der Waals surface area contributed by atoms with E-state index in [9.17, 15) is 10.2 Å². The maximum Gasteiger partial charge on any atom is 0.225 e. The molecule has 0 radical (unpaired) electrons. The topological polar surface area (TPSA) is 132 Å². The molecule has 2 aliphatic heterocycles. The third-order valence-corrected chi connectivity index (χ3v) is 15.8. The molecule has 2 aromatic carbocycles. The van der Waals surface area contributed by atoms with Gasteiger partial charge in [-0.15, -0.1) is 0 Å². The van der Waals surface area contributed by atoms with Crippen molar-refractivity contribution in [1.82, 2.24) is 38.9 Å². The standard InChI is InChI=1S/C28H39N5O.C27H37N5O/c1-19(2)32-15-13-22(14-16-32)26-18-33(23-9-11-24(34)12-10-23)27-25(26)17-29-28(31-27)30-20(3)21-7-5-4-6-8-21;1-3-31-15-13-21(14-16-31)25-18-32(22-9-11-23(33)12-10-22)26-24(25)17-28-27(30-26)29-19(2)20-7-5-4-6-8-20/h4-8,17-20,22-24,34H,9-16H2,1-3H3,(H,29,30,31);4-8,17-19,21-23,33H,3,9-16H2,1-2H3,(H,28,29,30)/t20-,23?,24?;19-,22?,23?/m00/s1. The first-order valence-corrected chi connectivity index (χ1v) is 25.8. The smallest absolute Gasteiger partial charge is 0.225 e. The fraction of sp³-hybridized carbons (Fsp3) is 0.564. The van der Waals surface area contributed by atoms with E-state index in [1.165, 1.54) is 71.8 Å². The maximum atomic E-state index is 10.1. The van der Waals surface area contributed by atoms with E-state index in [0.29, 0.717) is 41.9 Å². The van der Waals surface area contributed by atoms with E-state index in [1.807, 2.05) is 24.5 Å². The Balaban J connectivity index is 0.000000168. The van der Waals surface area contributed by atoms with Crippen LogP contribution in [0.5, 0.6) is 0 Å². The first-order chi connectivity index (χ1) is 32.6. The second-order valence-corrected chi connectivity index (χ2v) is 20.4. The number of piperidine rings is 2. The molecular formula is C55H76N10O2. The number of rotatable bonds is 12. The summed E-state index contributed by atoms with van der Waals surface area (Å²) in [5.41, 5.74) is 7.35. The fourth-order valence-electron chi connectivity index (χ4n) is 11.5. The van der Waals surface area contributed by atoms with Crippen molar-refractivity contribution in [2.24, 2.45) is 0 Å². The van der Waals surface area contributed by atoms with Gasteiger partial charge in [0.05, 0.1) is 24.3 Å². The molecule has 0 amide bonds. The number of aliphatic hydroxyl groups is 2. The second kappa shape index (κ2) is 21.6. The van der Waals surface area contributed by atoms with Gasteiger partial charge in [-0.25, -0.2) is 9.97 Å². The quantitative estimate of drug-likeness (QED) is 0.0941. The van der Waals surface area contributed by atoms with Crippen molar-refractivity contribution in [3.63, 3.8) is 0 Å². The molecule has 2 atom stereocenters. The largest absolute Gasteiger partial charge is 0.393 e. The molecule has 0 spiro atoms. The highest BCUT2D eigenvalue weighted by Gasteiger charge is 2.31. The Hall–Kier alpha value is -4.88. The molecule has 2 saturated heterocycles. The molecule has 6 heterocycles. The SMILES string of the molecule is CC(C)N1CCC(c2cn(C3CCC(O)CC3)c3nc(N[C@@H](C)c4ccccc4)ncc23)CC1.CCN1CCC(c2cn(C3CCC(O)CC3)c3nc(N[C@@H](C)c4ccccc4)ncc23)CC1. The Kier molecular flexibility index (Phi) is 15.2. The van der Waals surface area contributed by atoms with E-state index in [4.69, 9.17) is 19.9 Å². The van der Waals surface area contributed by atoms with Crippen molar-refractivity contribution in [3.05, 3.63) is 108 Å². The van der Waals surface area contributed by atoms with Gasteiger partial charge in [-0.2, -0.15) is 9.97 Å². The zero-order valence-electron chi connectivity index (χ0n) is 40.8. The van der Waals surface area contributed by atoms with E-state index in [-0.39, 0.29) is 24.3 Å². The zero-order valence-corrected chi connectivity index (χ0v) is 40.8. The third-order valence-electron chi connectivity index (χ3n) is 15.8. The first kappa shape index (κ1) is 47.2. The number of benzene rings is 2. The van der Waals surface area contributed by atoms with Crippen LogP contribution in [0.3, 0.4) is 0 Å². The number of anilines is 2. The summed E-state index contributed by atoms with van der Waals surface area (Å²) in [6.07, 6.45) is 20.8. The number of aliphatic hydroxyl groups excluding tert-OH is 2. The van der Waals surface area contributed by atoms with Gasteiger partial charge in [0.2, 0.25) is 11.9 Å². The Bertz CT molecular complexity index is 2470. The van der Waals surface area contributed by atoms with Gasteiger partial charge < -0.3 is 39.8 Å². The van der Waals surface area contributed by atoms with Crippen LogP contribution in [0.2, 0.25) is 0 Å². The van der Waals surface area contributed by atoms with E-state index in [1.54, 1.807) is 0 Å². The number of nitrogens with one attached hydrogen (secondary N) is 2. The Morgan fingerprint density at radius 2 is 0.955 bits per heavy atom. The van der Waals surface area contributed by atoms with Gasteiger partial charge in [0.15, 0.2) is 0 Å².